The van der Waals surface area contributed by atoms with Crippen molar-refractivity contribution in [3.05, 3.63) is 29.8 Å². The van der Waals surface area contributed by atoms with Crippen LogP contribution >= 0.6 is 0 Å². The van der Waals surface area contributed by atoms with Gasteiger partial charge < -0.3 is 4.74 Å². The molecule has 1 rings (SSSR count). The number of benzene rings is 1. The molecule has 1 aromatic carbocycles. The van der Waals surface area contributed by atoms with Crippen LogP contribution in [0.3, 0.4) is 0 Å². The van der Waals surface area contributed by atoms with E-state index in [1.807, 2.05) is 19.1 Å². The first-order valence-electron chi connectivity index (χ1n) is 3.80. The van der Waals surface area contributed by atoms with Crippen LogP contribution in [0.15, 0.2) is 24.3 Å². The van der Waals surface area contributed by atoms with E-state index in [2.05, 4.69) is 0 Å². The molecule has 4 nitrogen and oxygen atoms in total. The summed E-state index contributed by atoms with van der Waals surface area (Å²) in [7, 11) is 1.20. The second-order valence-electron chi connectivity index (χ2n) is 2.70. The van der Waals surface area contributed by atoms with Crippen LogP contribution in [0, 0.1) is 6.92 Å². The third-order valence-corrected chi connectivity index (χ3v) is 1.49. The average Bonchev–Trinajstić information content (AvgIpc) is 2.08. The number of ether oxygens (including phenoxy) is 1. The van der Waals surface area contributed by atoms with Crippen LogP contribution in [0.5, 0.6) is 5.75 Å². The molecule has 0 saturated carbocycles. The number of aryl methyl sites for hydroxylation is 1. The van der Waals surface area contributed by atoms with Crippen molar-refractivity contribution < 1.29 is 14.7 Å². The summed E-state index contributed by atoms with van der Waals surface area (Å²) >= 11 is 0. The van der Waals surface area contributed by atoms with E-state index in [0.717, 1.165) is 5.56 Å². The van der Waals surface area contributed by atoms with Gasteiger partial charge in [-0.25, -0.2) is 4.79 Å². The summed E-state index contributed by atoms with van der Waals surface area (Å²) in [4.78, 5) is 10.9. The lowest BCUT2D eigenvalue weighted by atomic mass is 10.2. The Balaban J connectivity index is 2.65. The molecular weight excluding hydrogens is 170 g/mol. The molecule has 0 aromatic heterocycles. The maximum atomic E-state index is 10.9. The molecule has 0 aliphatic heterocycles. The van der Waals surface area contributed by atoms with Gasteiger partial charge in [-0.2, -0.15) is 5.06 Å². The zero-order valence-corrected chi connectivity index (χ0v) is 7.52. The highest BCUT2D eigenvalue weighted by Gasteiger charge is 2.07. The smallest absolute Gasteiger partial charge is 0.409 e. The molecule has 0 heterocycles. The van der Waals surface area contributed by atoms with Gasteiger partial charge in [0.25, 0.3) is 0 Å². The summed E-state index contributed by atoms with van der Waals surface area (Å²) in [5, 5.41) is 9.08. The Morgan fingerprint density at radius 1 is 1.38 bits per heavy atom. The first kappa shape index (κ1) is 9.54. The minimum atomic E-state index is -0.802. The average molecular weight is 181 g/mol. The number of carbonyl (C=O) groups excluding carboxylic acids is 1. The largest absolute Gasteiger partial charge is 0.438 e. The van der Waals surface area contributed by atoms with Gasteiger partial charge in [0.1, 0.15) is 5.75 Å². The number of hydrogen-bond acceptors (Lipinski definition) is 3. The normalized spacial score (nSPS) is 9.46. The topological polar surface area (TPSA) is 49.8 Å². The van der Waals surface area contributed by atoms with E-state index in [4.69, 9.17) is 9.94 Å². The number of hydrogen-bond donors (Lipinski definition) is 1. The van der Waals surface area contributed by atoms with Crippen molar-refractivity contribution in [3.8, 4) is 5.75 Å². The molecule has 0 aliphatic rings. The molecule has 0 spiro atoms. The first-order chi connectivity index (χ1) is 6.09. The quantitative estimate of drug-likeness (QED) is 0.531. The van der Waals surface area contributed by atoms with Gasteiger partial charge in [-0.1, -0.05) is 17.7 Å². The second kappa shape index (κ2) is 3.91. The van der Waals surface area contributed by atoms with Gasteiger partial charge in [-0.3, -0.25) is 5.21 Å². The minimum Gasteiger partial charge on any atom is -0.409 e. The predicted molar refractivity (Wildman–Crippen MR) is 46.8 cm³/mol. The second-order valence-corrected chi connectivity index (χ2v) is 2.70. The van der Waals surface area contributed by atoms with Crippen molar-refractivity contribution in [1.29, 1.82) is 0 Å². The van der Waals surface area contributed by atoms with Crippen molar-refractivity contribution in [3.63, 3.8) is 0 Å². The monoisotopic (exact) mass is 181 g/mol. The van der Waals surface area contributed by atoms with Crippen molar-refractivity contribution in [2.75, 3.05) is 7.05 Å². The molecular formula is C9H11NO3. The van der Waals surface area contributed by atoms with Crippen LogP contribution in [0.2, 0.25) is 0 Å². The SMILES string of the molecule is Cc1ccc(OC(=O)N(C)O)cc1. The highest BCUT2D eigenvalue weighted by Crippen LogP contribution is 2.11. The van der Waals surface area contributed by atoms with Crippen molar-refractivity contribution in [2.24, 2.45) is 0 Å². The van der Waals surface area contributed by atoms with E-state index in [-0.39, 0.29) is 0 Å². The zero-order valence-electron chi connectivity index (χ0n) is 7.52. The van der Waals surface area contributed by atoms with E-state index in [9.17, 15) is 4.79 Å². The van der Waals surface area contributed by atoms with E-state index in [1.54, 1.807) is 12.1 Å². The molecule has 0 aliphatic carbocycles. The van der Waals surface area contributed by atoms with Crippen molar-refractivity contribution in [2.45, 2.75) is 6.92 Å². The van der Waals surface area contributed by atoms with Crippen LogP contribution in [0.1, 0.15) is 5.56 Å². The van der Waals surface area contributed by atoms with E-state index >= 15 is 0 Å². The number of hydroxylamine groups is 2. The van der Waals surface area contributed by atoms with Crippen LogP contribution in [0.25, 0.3) is 0 Å². The van der Waals surface area contributed by atoms with Gasteiger partial charge in [-0.15, -0.1) is 0 Å². The Labute approximate surface area is 76.3 Å². The number of carbonyl (C=O) groups is 1. The summed E-state index contributed by atoms with van der Waals surface area (Å²) in [5.41, 5.74) is 1.08. The Bertz CT molecular complexity index is 292. The molecule has 0 saturated heterocycles. The van der Waals surface area contributed by atoms with Crippen LogP contribution in [-0.4, -0.2) is 23.4 Å². The van der Waals surface area contributed by atoms with Gasteiger partial charge in [0.05, 0.1) is 0 Å². The molecule has 0 fully saturated rings. The van der Waals surface area contributed by atoms with Gasteiger partial charge in [0, 0.05) is 7.05 Å². The van der Waals surface area contributed by atoms with Crippen LogP contribution in [-0.2, 0) is 0 Å². The first-order valence-corrected chi connectivity index (χ1v) is 3.80. The molecule has 0 bridgehead atoms. The zero-order chi connectivity index (χ0) is 9.84. The summed E-state index contributed by atoms with van der Waals surface area (Å²) in [6.07, 6.45) is -0.802. The lowest BCUT2D eigenvalue weighted by Gasteiger charge is -2.08. The Kier molecular flexibility index (Phi) is 2.87. The van der Waals surface area contributed by atoms with Crippen LogP contribution in [0.4, 0.5) is 4.79 Å². The van der Waals surface area contributed by atoms with Crippen molar-refractivity contribution in [1.82, 2.24) is 5.06 Å². The summed E-state index contributed by atoms with van der Waals surface area (Å²) in [6.45, 7) is 1.93. The number of rotatable bonds is 1. The third-order valence-electron chi connectivity index (χ3n) is 1.49. The lowest BCUT2D eigenvalue weighted by molar-refractivity contribution is -0.0371. The van der Waals surface area contributed by atoms with Gasteiger partial charge in [-0.05, 0) is 19.1 Å². The molecule has 1 aromatic rings. The Morgan fingerprint density at radius 2 is 1.92 bits per heavy atom. The molecule has 4 heteroatoms. The molecule has 0 atom stereocenters. The summed E-state index contributed by atoms with van der Waals surface area (Å²) in [6, 6.07) is 6.97. The molecule has 1 N–H and O–H groups in total. The van der Waals surface area contributed by atoms with Crippen molar-refractivity contribution >= 4 is 6.09 Å². The van der Waals surface area contributed by atoms with Crippen LogP contribution < -0.4 is 4.74 Å². The molecule has 0 radical (unpaired) electrons. The maximum absolute atomic E-state index is 10.9. The lowest BCUT2D eigenvalue weighted by Crippen LogP contribution is -2.25. The minimum absolute atomic E-state index is 0.389. The third kappa shape index (κ3) is 2.76. The molecule has 70 valence electrons. The summed E-state index contributed by atoms with van der Waals surface area (Å²) < 4.78 is 4.77. The van der Waals surface area contributed by atoms with Gasteiger partial charge in [0.15, 0.2) is 0 Å². The Hall–Kier alpha value is -1.55. The van der Waals surface area contributed by atoms with Gasteiger partial charge in [0.2, 0.25) is 0 Å². The maximum Gasteiger partial charge on any atom is 0.438 e. The Morgan fingerprint density at radius 3 is 2.38 bits per heavy atom. The number of nitrogens with zero attached hydrogens (tertiary/aromatic N) is 1. The molecule has 13 heavy (non-hydrogen) atoms. The standard InChI is InChI=1S/C9H11NO3/c1-7-3-5-8(6-4-7)13-9(11)10(2)12/h3-6,12H,1-2H3. The predicted octanol–water partition coefficient (Wildman–Crippen LogP) is 1.81. The van der Waals surface area contributed by atoms with E-state index < -0.39 is 6.09 Å². The molecule has 1 amide bonds. The fraction of sp³-hybridized carbons (Fsp3) is 0.222. The highest BCUT2D eigenvalue weighted by atomic mass is 16.6. The fourth-order valence-corrected chi connectivity index (χ4v) is 0.773. The van der Waals surface area contributed by atoms with Gasteiger partial charge >= 0.3 is 6.09 Å². The highest BCUT2D eigenvalue weighted by molar-refractivity contribution is 5.68. The molecule has 0 unspecified atom stereocenters. The van der Waals surface area contributed by atoms with E-state index in [1.165, 1.54) is 7.05 Å². The summed E-state index contributed by atoms with van der Waals surface area (Å²) in [5.74, 6) is 0.413. The van der Waals surface area contributed by atoms with E-state index in [0.29, 0.717) is 10.8 Å². The fourth-order valence-electron chi connectivity index (χ4n) is 0.773. The number of amides is 1.